The lowest BCUT2D eigenvalue weighted by atomic mass is 10.1. The van der Waals surface area contributed by atoms with Gasteiger partial charge in [-0.05, 0) is 46.7 Å². The molecule has 2 heterocycles. The molecule has 1 aromatic carbocycles. The van der Waals surface area contributed by atoms with Crippen molar-refractivity contribution in [3.8, 4) is 5.69 Å². The molecular formula is C15H16BrN5S. The molecule has 7 heteroatoms. The summed E-state index contributed by atoms with van der Waals surface area (Å²) in [5, 5.41) is 11.6. The minimum atomic E-state index is 0.166. The molecule has 0 bridgehead atoms. The SMILES string of the molecule is Cc1ccccc1-n1c(C(C)Cn2cc(Br)cn2)n[nH]c1=S. The highest BCUT2D eigenvalue weighted by molar-refractivity contribution is 9.10. The van der Waals surface area contributed by atoms with Gasteiger partial charge in [0.2, 0.25) is 0 Å². The summed E-state index contributed by atoms with van der Waals surface area (Å²) in [7, 11) is 0. The van der Waals surface area contributed by atoms with Crippen LogP contribution in [-0.4, -0.2) is 24.5 Å². The number of hydrogen-bond acceptors (Lipinski definition) is 3. The van der Waals surface area contributed by atoms with Crippen molar-refractivity contribution < 1.29 is 0 Å². The topological polar surface area (TPSA) is 51.4 Å². The summed E-state index contributed by atoms with van der Waals surface area (Å²) in [5.74, 6) is 1.07. The van der Waals surface area contributed by atoms with E-state index in [1.807, 2.05) is 27.6 Å². The molecule has 1 unspecified atom stereocenters. The van der Waals surface area contributed by atoms with Gasteiger partial charge in [-0.1, -0.05) is 25.1 Å². The fraction of sp³-hybridized carbons (Fsp3) is 0.267. The van der Waals surface area contributed by atoms with E-state index in [0.29, 0.717) is 4.77 Å². The average molecular weight is 378 g/mol. The first-order valence-corrected chi connectivity index (χ1v) is 8.17. The lowest BCUT2D eigenvalue weighted by Crippen LogP contribution is -2.12. The van der Waals surface area contributed by atoms with Crippen LogP contribution in [0.4, 0.5) is 0 Å². The highest BCUT2D eigenvalue weighted by Gasteiger charge is 2.17. The van der Waals surface area contributed by atoms with Gasteiger partial charge in [0, 0.05) is 12.1 Å². The third-order valence-electron chi connectivity index (χ3n) is 3.56. The van der Waals surface area contributed by atoms with Gasteiger partial charge < -0.3 is 0 Å². The zero-order valence-corrected chi connectivity index (χ0v) is 14.7. The fourth-order valence-corrected chi connectivity index (χ4v) is 3.05. The number of nitrogens with zero attached hydrogens (tertiary/aromatic N) is 4. The molecule has 114 valence electrons. The van der Waals surface area contributed by atoms with Gasteiger partial charge in [-0.25, -0.2) is 0 Å². The van der Waals surface area contributed by atoms with E-state index in [1.165, 1.54) is 0 Å². The first kappa shape index (κ1) is 15.2. The lowest BCUT2D eigenvalue weighted by molar-refractivity contribution is 0.518. The number of nitrogens with one attached hydrogen (secondary N) is 1. The minimum absolute atomic E-state index is 0.166. The number of hydrogen-bond donors (Lipinski definition) is 1. The quantitative estimate of drug-likeness (QED) is 0.699. The molecule has 0 saturated heterocycles. The van der Waals surface area contributed by atoms with E-state index in [4.69, 9.17) is 12.2 Å². The number of aromatic amines is 1. The summed E-state index contributed by atoms with van der Waals surface area (Å²) < 4.78 is 5.48. The highest BCUT2D eigenvalue weighted by atomic mass is 79.9. The second-order valence-electron chi connectivity index (χ2n) is 5.29. The number of aryl methyl sites for hydroxylation is 1. The van der Waals surface area contributed by atoms with Crippen LogP contribution >= 0.6 is 28.1 Å². The molecule has 5 nitrogen and oxygen atoms in total. The standard InChI is InChI=1S/C15H16BrN5S/c1-10-5-3-4-6-13(10)21-14(18-19-15(21)22)11(2)8-20-9-12(16)7-17-20/h3-7,9,11H,8H2,1-2H3,(H,19,22). The maximum atomic E-state index is 5.42. The Kier molecular flexibility index (Phi) is 4.26. The molecule has 3 aromatic rings. The molecular weight excluding hydrogens is 362 g/mol. The predicted molar refractivity (Wildman–Crippen MR) is 91.8 cm³/mol. The van der Waals surface area contributed by atoms with Crippen molar-refractivity contribution in [3.63, 3.8) is 0 Å². The Morgan fingerprint density at radius 1 is 1.36 bits per heavy atom. The molecule has 0 aliphatic rings. The van der Waals surface area contributed by atoms with Crippen molar-refractivity contribution in [2.45, 2.75) is 26.3 Å². The van der Waals surface area contributed by atoms with Crippen molar-refractivity contribution in [1.82, 2.24) is 24.5 Å². The molecule has 0 radical (unpaired) electrons. The molecule has 0 amide bonds. The van der Waals surface area contributed by atoms with Crippen LogP contribution in [0.5, 0.6) is 0 Å². The Hall–Kier alpha value is -1.73. The number of halogens is 1. The van der Waals surface area contributed by atoms with Crippen molar-refractivity contribution in [1.29, 1.82) is 0 Å². The van der Waals surface area contributed by atoms with Gasteiger partial charge in [0.05, 0.1) is 22.9 Å². The summed E-state index contributed by atoms with van der Waals surface area (Å²) in [4.78, 5) is 0. The van der Waals surface area contributed by atoms with Crippen LogP contribution in [0.15, 0.2) is 41.1 Å². The minimum Gasteiger partial charge on any atom is -0.272 e. The Bertz CT molecular complexity index is 847. The smallest absolute Gasteiger partial charge is 0.199 e. The number of aromatic nitrogens is 5. The predicted octanol–water partition coefficient (Wildman–Crippen LogP) is 4.00. The van der Waals surface area contributed by atoms with E-state index in [1.54, 1.807) is 6.20 Å². The van der Waals surface area contributed by atoms with Gasteiger partial charge >= 0.3 is 0 Å². The molecule has 3 rings (SSSR count). The van der Waals surface area contributed by atoms with E-state index in [2.05, 4.69) is 57.2 Å². The van der Waals surface area contributed by atoms with Crippen LogP contribution in [0.2, 0.25) is 0 Å². The second kappa shape index (κ2) is 6.18. The number of benzene rings is 1. The number of H-pyrrole nitrogens is 1. The van der Waals surface area contributed by atoms with Crippen molar-refractivity contribution in [2.24, 2.45) is 0 Å². The third kappa shape index (κ3) is 2.91. The number of para-hydroxylation sites is 1. The Morgan fingerprint density at radius 2 is 2.14 bits per heavy atom. The zero-order valence-electron chi connectivity index (χ0n) is 12.3. The maximum absolute atomic E-state index is 5.42. The van der Waals surface area contributed by atoms with Crippen LogP contribution in [0.1, 0.15) is 24.2 Å². The van der Waals surface area contributed by atoms with E-state index in [9.17, 15) is 0 Å². The molecule has 2 aromatic heterocycles. The maximum Gasteiger partial charge on any atom is 0.199 e. The van der Waals surface area contributed by atoms with E-state index in [0.717, 1.165) is 28.1 Å². The van der Waals surface area contributed by atoms with E-state index < -0.39 is 0 Å². The summed E-state index contributed by atoms with van der Waals surface area (Å²) in [6.07, 6.45) is 3.74. The van der Waals surface area contributed by atoms with Crippen molar-refractivity contribution in [2.75, 3.05) is 0 Å². The number of rotatable bonds is 4. The first-order valence-electron chi connectivity index (χ1n) is 6.97. The molecule has 0 aliphatic heterocycles. The van der Waals surface area contributed by atoms with Gasteiger partial charge in [-0.2, -0.15) is 10.2 Å². The van der Waals surface area contributed by atoms with Crippen molar-refractivity contribution >= 4 is 28.1 Å². The molecule has 0 aliphatic carbocycles. The Balaban J connectivity index is 1.98. The van der Waals surface area contributed by atoms with E-state index in [-0.39, 0.29) is 5.92 Å². The second-order valence-corrected chi connectivity index (χ2v) is 6.59. The summed E-state index contributed by atoms with van der Waals surface area (Å²) in [6.45, 7) is 4.93. The van der Waals surface area contributed by atoms with Gasteiger partial charge in [0.1, 0.15) is 5.82 Å². The van der Waals surface area contributed by atoms with Crippen LogP contribution < -0.4 is 0 Å². The van der Waals surface area contributed by atoms with Crippen LogP contribution in [0.25, 0.3) is 5.69 Å². The Labute approximate surface area is 142 Å². The summed E-state index contributed by atoms with van der Waals surface area (Å²) >= 11 is 8.83. The summed E-state index contributed by atoms with van der Waals surface area (Å²) in [6, 6.07) is 8.16. The van der Waals surface area contributed by atoms with Crippen LogP contribution in [0.3, 0.4) is 0 Å². The average Bonchev–Trinajstić information content (AvgIpc) is 3.06. The molecule has 1 atom stereocenters. The molecule has 0 saturated carbocycles. The monoisotopic (exact) mass is 377 g/mol. The normalized spacial score (nSPS) is 12.5. The molecule has 22 heavy (non-hydrogen) atoms. The zero-order chi connectivity index (χ0) is 15.7. The lowest BCUT2D eigenvalue weighted by Gasteiger charge is -2.14. The third-order valence-corrected chi connectivity index (χ3v) is 4.24. The van der Waals surface area contributed by atoms with Gasteiger partial charge in [0.15, 0.2) is 4.77 Å². The highest BCUT2D eigenvalue weighted by Crippen LogP contribution is 2.22. The van der Waals surface area contributed by atoms with Gasteiger partial charge in [0.25, 0.3) is 0 Å². The largest absolute Gasteiger partial charge is 0.272 e. The van der Waals surface area contributed by atoms with Gasteiger partial charge in [-0.15, -0.1) is 0 Å². The fourth-order valence-electron chi connectivity index (χ4n) is 2.49. The molecule has 1 N–H and O–H groups in total. The van der Waals surface area contributed by atoms with Crippen LogP contribution in [-0.2, 0) is 6.54 Å². The summed E-state index contributed by atoms with van der Waals surface area (Å²) in [5.41, 5.74) is 2.22. The van der Waals surface area contributed by atoms with Crippen molar-refractivity contribution in [3.05, 3.63) is 57.3 Å². The molecule has 0 spiro atoms. The molecule has 0 fully saturated rings. The van der Waals surface area contributed by atoms with E-state index >= 15 is 0 Å². The van der Waals surface area contributed by atoms with Crippen LogP contribution in [0, 0.1) is 11.7 Å². The first-order chi connectivity index (χ1) is 10.6. The Morgan fingerprint density at radius 3 is 2.82 bits per heavy atom. The van der Waals surface area contributed by atoms with Gasteiger partial charge in [-0.3, -0.25) is 14.3 Å².